The number of aryl methyl sites for hydroxylation is 2. The van der Waals surface area contributed by atoms with Gasteiger partial charge in [-0.3, -0.25) is 4.79 Å². The van der Waals surface area contributed by atoms with Gasteiger partial charge in [-0.15, -0.1) is 0 Å². The highest BCUT2D eigenvalue weighted by Crippen LogP contribution is 2.40. The fourth-order valence-corrected chi connectivity index (χ4v) is 4.54. The molecule has 0 fully saturated rings. The van der Waals surface area contributed by atoms with Crippen molar-refractivity contribution in [1.82, 2.24) is 9.88 Å². The Balaban J connectivity index is 1.88. The van der Waals surface area contributed by atoms with Crippen LogP contribution in [-0.4, -0.2) is 34.0 Å². The SMILES string of the molecule is Cc1[nH]c2c(C(N)=O)cc(C#N)c(-c3cccc4c3CCN(C(=O)OC(C)(C)C)C4)c2c1C. The van der Waals surface area contributed by atoms with Crippen LogP contribution in [0.15, 0.2) is 24.3 Å². The van der Waals surface area contributed by atoms with Crippen molar-refractivity contribution in [3.63, 3.8) is 0 Å². The van der Waals surface area contributed by atoms with E-state index in [0.717, 1.165) is 38.9 Å². The zero-order valence-electron chi connectivity index (χ0n) is 19.6. The van der Waals surface area contributed by atoms with Crippen molar-refractivity contribution in [2.45, 2.75) is 53.2 Å². The third-order valence-corrected chi connectivity index (χ3v) is 6.15. The van der Waals surface area contributed by atoms with Gasteiger partial charge in [0.1, 0.15) is 5.60 Å². The minimum Gasteiger partial charge on any atom is -0.444 e. The van der Waals surface area contributed by atoms with E-state index in [-0.39, 0.29) is 6.09 Å². The van der Waals surface area contributed by atoms with Crippen LogP contribution >= 0.6 is 0 Å². The molecule has 33 heavy (non-hydrogen) atoms. The van der Waals surface area contributed by atoms with Crippen molar-refractivity contribution in [2.75, 3.05) is 6.54 Å². The standard InChI is InChI=1S/C26H28N4O3/c1-14-15(2)29-23-20(24(28)31)11-17(12-27)22(21(14)23)19-8-6-7-16-13-30(10-9-18(16)19)25(32)33-26(3,4)5/h6-8,11,29H,9-10,13H2,1-5H3,(H2,28,31). The second-order valence-corrected chi connectivity index (χ2v) is 9.54. The van der Waals surface area contributed by atoms with Gasteiger partial charge < -0.3 is 20.4 Å². The maximum atomic E-state index is 12.6. The van der Waals surface area contributed by atoms with Crippen molar-refractivity contribution < 1.29 is 14.3 Å². The normalized spacial score (nSPS) is 13.5. The molecular weight excluding hydrogens is 416 g/mol. The summed E-state index contributed by atoms with van der Waals surface area (Å²) in [6.45, 7) is 10.4. The van der Waals surface area contributed by atoms with E-state index < -0.39 is 11.5 Å². The molecule has 1 aliphatic rings. The van der Waals surface area contributed by atoms with Crippen molar-refractivity contribution in [3.05, 3.63) is 57.8 Å². The monoisotopic (exact) mass is 444 g/mol. The van der Waals surface area contributed by atoms with Gasteiger partial charge in [0.05, 0.1) is 22.7 Å². The summed E-state index contributed by atoms with van der Waals surface area (Å²) >= 11 is 0. The minimum atomic E-state index is -0.576. The highest BCUT2D eigenvalue weighted by atomic mass is 16.6. The van der Waals surface area contributed by atoms with Crippen LogP contribution in [0, 0.1) is 25.2 Å². The van der Waals surface area contributed by atoms with Gasteiger partial charge in [-0.2, -0.15) is 5.26 Å². The minimum absolute atomic E-state index is 0.308. The number of hydrogen-bond acceptors (Lipinski definition) is 4. The Morgan fingerprint density at radius 1 is 1.24 bits per heavy atom. The Morgan fingerprint density at radius 2 is 1.97 bits per heavy atom. The topological polar surface area (TPSA) is 112 Å². The molecule has 170 valence electrons. The van der Waals surface area contributed by atoms with E-state index in [1.807, 2.05) is 52.8 Å². The molecule has 2 aromatic carbocycles. The number of amides is 2. The van der Waals surface area contributed by atoms with Crippen LogP contribution in [0.4, 0.5) is 4.79 Å². The average molecular weight is 445 g/mol. The van der Waals surface area contributed by atoms with Gasteiger partial charge in [0.2, 0.25) is 0 Å². The summed E-state index contributed by atoms with van der Waals surface area (Å²) in [5, 5.41) is 10.8. The van der Waals surface area contributed by atoms with Crippen molar-refractivity contribution in [1.29, 1.82) is 5.26 Å². The summed E-state index contributed by atoms with van der Waals surface area (Å²) in [7, 11) is 0. The zero-order valence-corrected chi connectivity index (χ0v) is 19.6. The van der Waals surface area contributed by atoms with Gasteiger partial charge >= 0.3 is 6.09 Å². The number of rotatable bonds is 2. The summed E-state index contributed by atoms with van der Waals surface area (Å²) in [6, 6.07) is 9.80. The number of aromatic nitrogens is 1. The number of ether oxygens (including phenoxy) is 1. The molecule has 0 bridgehead atoms. The van der Waals surface area contributed by atoms with Crippen LogP contribution in [0.5, 0.6) is 0 Å². The van der Waals surface area contributed by atoms with E-state index in [1.165, 1.54) is 0 Å². The summed E-state index contributed by atoms with van der Waals surface area (Å²) < 4.78 is 5.55. The molecule has 0 saturated heterocycles. The average Bonchev–Trinajstić information content (AvgIpc) is 3.04. The number of hydrogen-bond donors (Lipinski definition) is 2. The second-order valence-electron chi connectivity index (χ2n) is 9.54. The summed E-state index contributed by atoms with van der Waals surface area (Å²) in [5.74, 6) is -0.576. The third kappa shape index (κ3) is 3.93. The number of aromatic amines is 1. The number of primary amides is 1. The molecule has 0 aliphatic carbocycles. The molecule has 0 spiro atoms. The molecule has 0 radical (unpaired) electrons. The summed E-state index contributed by atoms with van der Waals surface area (Å²) in [6.07, 6.45) is 0.304. The zero-order chi connectivity index (χ0) is 24.1. The van der Waals surface area contributed by atoms with Gasteiger partial charge in [0.15, 0.2) is 0 Å². The molecule has 3 N–H and O–H groups in total. The number of benzene rings is 2. The van der Waals surface area contributed by atoms with Gasteiger partial charge in [-0.05, 0) is 69.4 Å². The Kier molecular flexibility index (Phi) is 5.41. The lowest BCUT2D eigenvalue weighted by atomic mass is 9.85. The maximum Gasteiger partial charge on any atom is 0.410 e. The lowest BCUT2D eigenvalue weighted by molar-refractivity contribution is 0.0224. The number of nitrogens with one attached hydrogen (secondary N) is 1. The molecule has 2 amide bonds. The molecule has 0 saturated carbocycles. The Hall–Kier alpha value is -3.79. The number of fused-ring (bicyclic) bond motifs is 2. The van der Waals surface area contributed by atoms with Crippen LogP contribution < -0.4 is 5.73 Å². The largest absolute Gasteiger partial charge is 0.444 e. The molecule has 0 unspecified atom stereocenters. The molecule has 0 atom stereocenters. The Morgan fingerprint density at radius 3 is 2.61 bits per heavy atom. The van der Waals surface area contributed by atoms with E-state index in [9.17, 15) is 14.9 Å². The van der Waals surface area contributed by atoms with Crippen LogP contribution in [0.25, 0.3) is 22.0 Å². The van der Waals surface area contributed by atoms with E-state index in [2.05, 4.69) is 11.1 Å². The first-order chi connectivity index (χ1) is 15.5. The van der Waals surface area contributed by atoms with Crippen molar-refractivity contribution >= 4 is 22.9 Å². The number of carbonyl (C=O) groups is 2. The smallest absolute Gasteiger partial charge is 0.410 e. The first kappa shape index (κ1) is 22.4. The third-order valence-electron chi connectivity index (χ3n) is 6.15. The van der Waals surface area contributed by atoms with Crippen molar-refractivity contribution in [3.8, 4) is 17.2 Å². The van der Waals surface area contributed by atoms with E-state index >= 15 is 0 Å². The molecular formula is C26H28N4O3. The van der Waals surface area contributed by atoms with Crippen LogP contribution in [-0.2, 0) is 17.7 Å². The molecule has 1 aromatic heterocycles. The van der Waals surface area contributed by atoms with Gasteiger partial charge in [0, 0.05) is 29.7 Å². The Bertz CT molecular complexity index is 1340. The van der Waals surface area contributed by atoms with Gasteiger partial charge in [-0.25, -0.2) is 4.79 Å². The van der Waals surface area contributed by atoms with Crippen LogP contribution in [0.2, 0.25) is 0 Å². The Labute approximate surface area is 193 Å². The van der Waals surface area contributed by atoms with Crippen LogP contribution in [0.3, 0.4) is 0 Å². The lowest BCUT2D eigenvalue weighted by Gasteiger charge is -2.32. The number of nitriles is 1. The number of nitrogens with zero attached hydrogens (tertiary/aromatic N) is 2. The molecule has 3 aromatic rings. The number of carbonyl (C=O) groups excluding carboxylic acids is 2. The van der Waals surface area contributed by atoms with Crippen LogP contribution in [0.1, 0.15) is 59.1 Å². The second kappa shape index (κ2) is 7.96. The highest BCUT2D eigenvalue weighted by Gasteiger charge is 2.29. The van der Waals surface area contributed by atoms with Gasteiger partial charge in [0.25, 0.3) is 5.91 Å². The van der Waals surface area contributed by atoms with Gasteiger partial charge in [-0.1, -0.05) is 18.2 Å². The first-order valence-electron chi connectivity index (χ1n) is 11.0. The fourth-order valence-electron chi connectivity index (χ4n) is 4.54. The summed E-state index contributed by atoms with van der Waals surface area (Å²) in [4.78, 5) is 29.7. The fraction of sp³-hybridized carbons (Fsp3) is 0.346. The van der Waals surface area contributed by atoms with E-state index in [4.69, 9.17) is 10.5 Å². The molecule has 2 heterocycles. The molecule has 7 nitrogen and oxygen atoms in total. The molecule has 7 heteroatoms. The lowest BCUT2D eigenvalue weighted by Crippen LogP contribution is -2.40. The predicted octanol–water partition coefficient (Wildman–Crippen LogP) is 4.72. The molecule has 1 aliphatic heterocycles. The first-order valence-corrected chi connectivity index (χ1v) is 11.0. The number of nitrogens with two attached hydrogens (primary N) is 1. The number of H-pyrrole nitrogens is 1. The highest BCUT2D eigenvalue weighted by molar-refractivity contribution is 6.12. The van der Waals surface area contributed by atoms with E-state index in [0.29, 0.717) is 36.2 Å². The van der Waals surface area contributed by atoms with E-state index in [1.54, 1.807) is 11.0 Å². The quantitative estimate of drug-likeness (QED) is 0.596. The van der Waals surface area contributed by atoms with Crippen molar-refractivity contribution in [2.24, 2.45) is 5.73 Å². The predicted molar refractivity (Wildman–Crippen MR) is 127 cm³/mol. The maximum absolute atomic E-state index is 12.6. The molecule has 4 rings (SSSR count). The summed E-state index contributed by atoms with van der Waals surface area (Å²) in [5.41, 5.74) is 12.2.